The fourth-order valence-electron chi connectivity index (χ4n) is 3.64. The van der Waals surface area contributed by atoms with Crippen LogP contribution in [0.15, 0.2) is 42.5 Å². The second kappa shape index (κ2) is 9.65. The maximum absolute atomic E-state index is 6.00. The van der Waals surface area contributed by atoms with Gasteiger partial charge in [0.15, 0.2) is 0 Å². The van der Waals surface area contributed by atoms with E-state index in [1.54, 1.807) is 7.11 Å². The van der Waals surface area contributed by atoms with Gasteiger partial charge in [0.05, 0.1) is 18.8 Å². The van der Waals surface area contributed by atoms with E-state index in [0.717, 1.165) is 30.2 Å². The van der Waals surface area contributed by atoms with Gasteiger partial charge in [-0.2, -0.15) is 0 Å². The molecule has 0 bridgehead atoms. The molecule has 0 saturated carbocycles. The minimum atomic E-state index is 0.162. The summed E-state index contributed by atoms with van der Waals surface area (Å²) in [4.78, 5) is 2.56. The van der Waals surface area contributed by atoms with E-state index < -0.39 is 0 Å². The maximum atomic E-state index is 6.00. The first-order chi connectivity index (χ1) is 13.2. The monoisotopic (exact) mass is 368 g/mol. The third-order valence-corrected chi connectivity index (χ3v) is 5.09. The van der Waals surface area contributed by atoms with E-state index in [9.17, 15) is 0 Å². The number of fused-ring (bicyclic) bond motifs is 1. The molecule has 1 unspecified atom stereocenters. The third kappa shape index (κ3) is 5.16. The van der Waals surface area contributed by atoms with Crippen molar-refractivity contribution < 1.29 is 9.47 Å². The van der Waals surface area contributed by atoms with Crippen LogP contribution in [0.1, 0.15) is 43.9 Å². The number of nitrogens with one attached hydrogen (secondary N) is 1. The van der Waals surface area contributed by atoms with E-state index in [0.29, 0.717) is 6.61 Å². The van der Waals surface area contributed by atoms with E-state index in [-0.39, 0.29) is 6.04 Å². The minimum Gasteiger partial charge on any atom is -0.497 e. The van der Waals surface area contributed by atoms with Crippen molar-refractivity contribution in [2.45, 2.75) is 39.2 Å². The highest BCUT2D eigenvalue weighted by atomic mass is 16.5. The van der Waals surface area contributed by atoms with Crippen LogP contribution in [0.2, 0.25) is 0 Å². The van der Waals surface area contributed by atoms with Crippen LogP contribution >= 0.6 is 0 Å². The molecule has 4 heteroatoms. The Morgan fingerprint density at radius 3 is 2.44 bits per heavy atom. The van der Waals surface area contributed by atoms with Crippen LogP contribution in [0, 0.1) is 0 Å². The zero-order valence-corrected chi connectivity index (χ0v) is 16.8. The third-order valence-electron chi connectivity index (χ3n) is 5.09. The van der Waals surface area contributed by atoms with Gasteiger partial charge >= 0.3 is 0 Å². The number of nitrogens with zero attached hydrogens (tertiary/aromatic N) is 1. The molecule has 146 valence electrons. The molecule has 27 heavy (non-hydrogen) atoms. The van der Waals surface area contributed by atoms with Crippen molar-refractivity contribution in [1.82, 2.24) is 4.90 Å². The number of methoxy groups -OCH3 is 1. The molecule has 0 fully saturated rings. The molecule has 1 aliphatic rings. The SMILES string of the molecule is CCCN(CCC)CCc1ccc2c(c1)NC(c1ccc(OC)cc1)CO2. The van der Waals surface area contributed by atoms with Gasteiger partial charge in [0.2, 0.25) is 0 Å². The number of ether oxygens (including phenoxy) is 2. The van der Waals surface area contributed by atoms with Crippen LogP contribution in [0.5, 0.6) is 11.5 Å². The first kappa shape index (κ1) is 19.6. The predicted octanol–water partition coefficient (Wildman–Crippen LogP) is 4.91. The lowest BCUT2D eigenvalue weighted by molar-refractivity contribution is 0.277. The summed E-state index contributed by atoms with van der Waals surface area (Å²) in [6, 6.07) is 14.9. The summed E-state index contributed by atoms with van der Waals surface area (Å²) < 4.78 is 11.3. The van der Waals surface area contributed by atoms with Crippen molar-refractivity contribution in [3.63, 3.8) is 0 Å². The number of hydrogen-bond donors (Lipinski definition) is 1. The second-order valence-corrected chi connectivity index (χ2v) is 7.20. The van der Waals surface area contributed by atoms with Crippen LogP contribution in [0.3, 0.4) is 0 Å². The summed E-state index contributed by atoms with van der Waals surface area (Å²) in [5.74, 6) is 1.82. The molecular weight excluding hydrogens is 336 g/mol. The molecule has 2 aromatic rings. The largest absolute Gasteiger partial charge is 0.497 e. The molecule has 0 aliphatic carbocycles. The van der Waals surface area contributed by atoms with Crippen LogP contribution < -0.4 is 14.8 Å². The summed E-state index contributed by atoms with van der Waals surface area (Å²) in [6.45, 7) is 8.62. The van der Waals surface area contributed by atoms with E-state index in [1.165, 1.54) is 37.1 Å². The lowest BCUT2D eigenvalue weighted by Gasteiger charge is -2.28. The maximum Gasteiger partial charge on any atom is 0.142 e. The first-order valence-electron chi connectivity index (χ1n) is 10.1. The Kier molecular flexibility index (Phi) is 6.99. The summed E-state index contributed by atoms with van der Waals surface area (Å²) in [7, 11) is 1.69. The number of anilines is 1. The van der Waals surface area contributed by atoms with Crippen LogP contribution in [-0.4, -0.2) is 38.3 Å². The number of hydrogen-bond acceptors (Lipinski definition) is 4. The number of rotatable bonds is 9. The molecule has 1 atom stereocenters. The summed E-state index contributed by atoms with van der Waals surface area (Å²) in [5, 5.41) is 3.65. The van der Waals surface area contributed by atoms with E-state index in [2.05, 4.69) is 54.4 Å². The van der Waals surface area contributed by atoms with Gasteiger partial charge in [-0.15, -0.1) is 0 Å². The van der Waals surface area contributed by atoms with Crippen molar-refractivity contribution >= 4 is 5.69 Å². The Bertz CT molecular complexity index is 709. The second-order valence-electron chi connectivity index (χ2n) is 7.20. The van der Waals surface area contributed by atoms with Crippen LogP contribution in [0.4, 0.5) is 5.69 Å². The van der Waals surface area contributed by atoms with Crippen LogP contribution in [-0.2, 0) is 6.42 Å². The van der Waals surface area contributed by atoms with Gasteiger partial charge in [-0.25, -0.2) is 0 Å². The molecule has 0 amide bonds. The smallest absolute Gasteiger partial charge is 0.142 e. The van der Waals surface area contributed by atoms with Gasteiger partial charge in [0.1, 0.15) is 18.1 Å². The fraction of sp³-hybridized carbons (Fsp3) is 0.478. The predicted molar refractivity (Wildman–Crippen MR) is 112 cm³/mol. The summed E-state index contributed by atoms with van der Waals surface area (Å²) in [6.07, 6.45) is 3.49. The zero-order valence-electron chi connectivity index (χ0n) is 16.8. The molecule has 0 spiro atoms. The lowest BCUT2D eigenvalue weighted by Crippen LogP contribution is -2.28. The molecule has 1 heterocycles. The van der Waals surface area contributed by atoms with Crippen molar-refractivity contribution in [3.8, 4) is 11.5 Å². The quantitative estimate of drug-likeness (QED) is 0.682. The molecule has 1 N–H and O–H groups in total. The Morgan fingerprint density at radius 2 is 1.78 bits per heavy atom. The Labute approximate surface area is 163 Å². The minimum absolute atomic E-state index is 0.162. The fourth-order valence-corrected chi connectivity index (χ4v) is 3.64. The lowest BCUT2D eigenvalue weighted by atomic mass is 10.0. The molecular formula is C23H32N2O2. The molecule has 3 rings (SSSR count). The van der Waals surface area contributed by atoms with Gasteiger partial charge in [-0.3, -0.25) is 0 Å². The zero-order chi connectivity index (χ0) is 19.1. The van der Waals surface area contributed by atoms with Crippen molar-refractivity contribution in [1.29, 1.82) is 0 Å². The molecule has 1 aliphatic heterocycles. The average molecular weight is 369 g/mol. The van der Waals surface area contributed by atoms with Gasteiger partial charge in [0.25, 0.3) is 0 Å². The van der Waals surface area contributed by atoms with Gasteiger partial charge in [0, 0.05) is 6.54 Å². The molecule has 2 aromatic carbocycles. The van der Waals surface area contributed by atoms with E-state index in [4.69, 9.17) is 9.47 Å². The molecule has 0 aromatic heterocycles. The Morgan fingerprint density at radius 1 is 1.04 bits per heavy atom. The Hall–Kier alpha value is -2.20. The summed E-state index contributed by atoms with van der Waals surface area (Å²) in [5.41, 5.74) is 3.67. The first-order valence-corrected chi connectivity index (χ1v) is 10.1. The van der Waals surface area contributed by atoms with Gasteiger partial charge < -0.3 is 19.7 Å². The van der Waals surface area contributed by atoms with Gasteiger partial charge in [-0.1, -0.05) is 32.0 Å². The highest BCUT2D eigenvalue weighted by Crippen LogP contribution is 2.35. The molecule has 0 saturated heterocycles. The molecule has 0 radical (unpaired) electrons. The normalized spacial score (nSPS) is 15.8. The van der Waals surface area contributed by atoms with Crippen molar-refractivity contribution in [3.05, 3.63) is 53.6 Å². The van der Waals surface area contributed by atoms with Crippen LogP contribution in [0.25, 0.3) is 0 Å². The van der Waals surface area contributed by atoms with Crippen molar-refractivity contribution in [2.24, 2.45) is 0 Å². The molecule has 4 nitrogen and oxygen atoms in total. The average Bonchev–Trinajstić information content (AvgIpc) is 2.72. The summed E-state index contributed by atoms with van der Waals surface area (Å²) >= 11 is 0. The van der Waals surface area contributed by atoms with Gasteiger partial charge in [-0.05, 0) is 67.7 Å². The topological polar surface area (TPSA) is 33.7 Å². The van der Waals surface area contributed by atoms with E-state index in [1.807, 2.05) is 12.1 Å². The highest BCUT2D eigenvalue weighted by molar-refractivity contribution is 5.61. The highest BCUT2D eigenvalue weighted by Gasteiger charge is 2.20. The number of benzene rings is 2. The Balaban J connectivity index is 1.65. The van der Waals surface area contributed by atoms with Crippen molar-refractivity contribution in [2.75, 3.05) is 38.7 Å². The van der Waals surface area contributed by atoms with E-state index >= 15 is 0 Å². The standard InChI is InChI=1S/C23H32N2O2/c1-4-13-25(14-5-2)15-12-18-6-11-23-21(16-18)24-22(17-27-23)19-7-9-20(26-3)10-8-19/h6-11,16,22,24H,4-5,12-15,17H2,1-3H3.